The van der Waals surface area contributed by atoms with Crippen molar-refractivity contribution < 1.29 is 0 Å². The van der Waals surface area contributed by atoms with E-state index in [9.17, 15) is 0 Å². The summed E-state index contributed by atoms with van der Waals surface area (Å²) in [7, 11) is 0. The van der Waals surface area contributed by atoms with Gasteiger partial charge in [0.05, 0.1) is 15.2 Å². The summed E-state index contributed by atoms with van der Waals surface area (Å²) in [6, 6.07) is 0. The molecule has 0 amide bonds. The van der Waals surface area contributed by atoms with E-state index in [0.29, 0.717) is 10.2 Å². The Morgan fingerprint density at radius 1 is 1.19 bits per heavy atom. The predicted octanol–water partition coefficient (Wildman–Crippen LogP) is 3.85. The number of hydrogen-bond donors (Lipinski definition) is 0. The Bertz CT molecular complexity index is 708. The van der Waals surface area contributed by atoms with Gasteiger partial charge in [-0.15, -0.1) is 11.3 Å². The summed E-state index contributed by atoms with van der Waals surface area (Å²) >= 11 is 13.6. The number of halogens is 2. The van der Waals surface area contributed by atoms with Gasteiger partial charge in [-0.2, -0.15) is 0 Å². The highest BCUT2D eigenvalue weighted by atomic mass is 35.5. The fourth-order valence-electron chi connectivity index (χ4n) is 1.63. The number of aromatic nitrogens is 3. The largest absolute Gasteiger partial charge is 0.244 e. The van der Waals surface area contributed by atoms with Crippen molar-refractivity contribution in [1.29, 1.82) is 0 Å². The first-order valence-electron chi connectivity index (χ1n) is 4.52. The number of fused-ring (bicyclic) bond motifs is 3. The minimum absolute atomic E-state index is 0.462. The third-order valence-corrected chi connectivity index (χ3v) is 4.31. The molecule has 3 aromatic heterocycles. The van der Waals surface area contributed by atoms with Gasteiger partial charge in [0.2, 0.25) is 0 Å². The lowest BCUT2D eigenvalue weighted by Gasteiger charge is -1.98. The minimum Gasteiger partial charge on any atom is -0.244 e. The molecule has 0 radical (unpaired) electrons. The molecule has 0 atom stereocenters. The molecule has 0 aromatic carbocycles. The maximum atomic E-state index is 6.05. The summed E-state index contributed by atoms with van der Waals surface area (Å²) in [5.74, 6) is 0. The second kappa shape index (κ2) is 3.52. The Kier molecular flexibility index (Phi) is 2.24. The van der Waals surface area contributed by atoms with E-state index in [1.807, 2.05) is 6.92 Å². The molecular formula is C10H5Cl2N3S. The number of hydrogen-bond acceptors (Lipinski definition) is 4. The van der Waals surface area contributed by atoms with E-state index in [1.54, 1.807) is 6.20 Å². The van der Waals surface area contributed by atoms with Gasteiger partial charge in [0.25, 0.3) is 0 Å². The van der Waals surface area contributed by atoms with E-state index in [0.717, 1.165) is 26.0 Å². The van der Waals surface area contributed by atoms with E-state index in [4.69, 9.17) is 23.2 Å². The van der Waals surface area contributed by atoms with Crippen LogP contribution in [-0.4, -0.2) is 15.0 Å². The molecule has 3 heterocycles. The summed E-state index contributed by atoms with van der Waals surface area (Å²) in [4.78, 5) is 13.4. The maximum absolute atomic E-state index is 6.05. The van der Waals surface area contributed by atoms with Gasteiger partial charge in [-0.05, 0) is 12.5 Å². The molecule has 80 valence electrons. The zero-order valence-corrected chi connectivity index (χ0v) is 10.5. The molecule has 0 unspecified atom stereocenters. The molecule has 0 fully saturated rings. The van der Waals surface area contributed by atoms with Crippen LogP contribution < -0.4 is 0 Å². The number of thiophene rings is 1. The topological polar surface area (TPSA) is 38.7 Å². The average molecular weight is 270 g/mol. The van der Waals surface area contributed by atoms with Crippen LogP contribution in [-0.2, 0) is 0 Å². The molecule has 3 nitrogen and oxygen atoms in total. The van der Waals surface area contributed by atoms with Gasteiger partial charge < -0.3 is 0 Å². The zero-order valence-electron chi connectivity index (χ0n) is 8.16. The maximum Gasteiger partial charge on any atom is 0.150 e. The standard InChI is InChI=1S/C10H5Cl2N3S/c1-4-5(11)2-13-10-6(4)7-8(16-10)9(12)15-3-14-7/h2-3H,1H3. The van der Waals surface area contributed by atoms with Gasteiger partial charge in [0, 0.05) is 11.6 Å². The van der Waals surface area contributed by atoms with Crippen molar-refractivity contribution in [3.8, 4) is 0 Å². The molecule has 0 aliphatic carbocycles. The van der Waals surface area contributed by atoms with Crippen LogP contribution in [0.1, 0.15) is 5.56 Å². The monoisotopic (exact) mass is 269 g/mol. The van der Waals surface area contributed by atoms with E-state index < -0.39 is 0 Å². The Labute approximate surface area is 105 Å². The summed E-state index contributed by atoms with van der Waals surface area (Å²) in [6.45, 7) is 1.95. The second-order valence-corrected chi connectivity index (χ2v) is 5.12. The first-order chi connectivity index (χ1) is 7.68. The molecule has 6 heteroatoms. The highest BCUT2D eigenvalue weighted by Gasteiger charge is 2.14. The number of rotatable bonds is 0. The molecule has 0 N–H and O–H groups in total. The van der Waals surface area contributed by atoms with Crippen LogP contribution in [0.15, 0.2) is 12.5 Å². The van der Waals surface area contributed by atoms with Crippen LogP contribution in [0.5, 0.6) is 0 Å². The first-order valence-corrected chi connectivity index (χ1v) is 6.09. The fraction of sp³-hybridized carbons (Fsp3) is 0.100. The van der Waals surface area contributed by atoms with Gasteiger partial charge in [-0.25, -0.2) is 15.0 Å². The Morgan fingerprint density at radius 2 is 2.00 bits per heavy atom. The van der Waals surface area contributed by atoms with Gasteiger partial charge >= 0.3 is 0 Å². The molecule has 0 aliphatic rings. The Balaban J connectivity index is 2.63. The molecule has 3 rings (SSSR count). The van der Waals surface area contributed by atoms with Gasteiger partial charge in [0.15, 0.2) is 0 Å². The van der Waals surface area contributed by atoms with E-state index >= 15 is 0 Å². The minimum atomic E-state index is 0.462. The molecular weight excluding hydrogens is 265 g/mol. The average Bonchev–Trinajstić information content (AvgIpc) is 2.64. The molecule has 0 saturated carbocycles. The Hall–Kier alpha value is -0.970. The summed E-state index contributed by atoms with van der Waals surface area (Å²) in [5.41, 5.74) is 1.81. The van der Waals surface area contributed by atoms with Crippen LogP contribution in [0, 0.1) is 6.92 Å². The van der Waals surface area contributed by atoms with Gasteiger partial charge in [-0.1, -0.05) is 23.2 Å². The smallest absolute Gasteiger partial charge is 0.150 e. The lowest BCUT2D eigenvalue weighted by atomic mass is 10.2. The van der Waals surface area contributed by atoms with Crippen LogP contribution >= 0.6 is 34.5 Å². The quantitative estimate of drug-likeness (QED) is 0.582. The lowest BCUT2D eigenvalue weighted by molar-refractivity contribution is 1.23. The third kappa shape index (κ3) is 1.30. The molecule has 0 bridgehead atoms. The van der Waals surface area contributed by atoms with Crippen LogP contribution in [0.3, 0.4) is 0 Å². The zero-order chi connectivity index (χ0) is 11.3. The predicted molar refractivity (Wildman–Crippen MR) is 67.5 cm³/mol. The van der Waals surface area contributed by atoms with Crippen LogP contribution in [0.25, 0.3) is 20.4 Å². The second-order valence-electron chi connectivity index (χ2n) is 3.36. The summed E-state index contributed by atoms with van der Waals surface area (Å²) in [6.07, 6.45) is 3.10. The normalized spacial score (nSPS) is 11.4. The molecule has 3 aromatic rings. The van der Waals surface area contributed by atoms with Crippen LogP contribution in [0.4, 0.5) is 0 Å². The van der Waals surface area contributed by atoms with Crippen molar-refractivity contribution in [3.63, 3.8) is 0 Å². The van der Waals surface area contributed by atoms with Crippen molar-refractivity contribution in [2.45, 2.75) is 6.92 Å². The van der Waals surface area contributed by atoms with Crippen LogP contribution in [0.2, 0.25) is 10.2 Å². The Morgan fingerprint density at radius 3 is 2.81 bits per heavy atom. The fourth-order valence-corrected chi connectivity index (χ4v) is 3.06. The highest BCUT2D eigenvalue weighted by Crippen LogP contribution is 2.37. The van der Waals surface area contributed by atoms with Gasteiger partial charge in [0.1, 0.15) is 16.3 Å². The van der Waals surface area contributed by atoms with E-state index in [1.165, 1.54) is 17.7 Å². The van der Waals surface area contributed by atoms with Crippen molar-refractivity contribution in [2.24, 2.45) is 0 Å². The number of aryl methyl sites for hydroxylation is 1. The number of pyridine rings is 1. The van der Waals surface area contributed by atoms with Crippen molar-refractivity contribution >= 4 is 55.0 Å². The molecule has 16 heavy (non-hydrogen) atoms. The third-order valence-electron chi connectivity index (χ3n) is 2.44. The number of nitrogens with zero attached hydrogens (tertiary/aromatic N) is 3. The van der Waals surface area contributed by atoms with Crippen molar-refractivity contribution in [3.05, 3.63) is 28.3 Å². The summed E-state index contributed by atoms with van der Waals surface area (Å²) < 4.78 is 0.858. The van der Waals surface area contributed by atoms with Gasteiger partial charge in [-0.3, -0.25) is 0 Å². The first kappa shape index (κ1) is 10.2. The van der Waals surface area contributed by atoms with E-state index in [-0.39, 0.29) is 0 Å². The molecule has 0 aliphatic heterocycles. The van der Waals surface area contributed by atoms with E-state index in [2.05, 4.69) is 15.0 Å². The SMILES string of the molecule is Cc1c(Cl)cnc2sc3c(Cl)ncnc3c12. The summed E-state index contributed by atoms with van der Waals surface area (Å²) in [5, 5.41) is 2.07. The van der Waals surface area contributed by atoms with Crippen molar-refractivity contribution in [2.75, 3.05) is 0 Å². The molecule has 0 saturated heterocycles. The highest BCUT2D eigenvalue weighted by molar-refractivity contribution is 7.26. The molecule has 0 spiro atoms. The van der Waals surface area contributed by atoms with Crippen molar-refractivity contribution in [1.82, 2.24) is 15.0 Å². The lowest BCUT2D eigenvalue weighted by Crippen LogP contribution is -1.83.